The van der Waals surface area contributed by atoms with E-state index < -0.39 is 9.84 Å². The zero-order valence-corrected chi connectivity index (χ0v) is 13.3. The van der Waals surface area contributed by atoms with Gasteiger partial charge in [-0.3, -0.25) is 0 Å². The van der Waals surface area contributed by atoms with Crippen molar-refractivity contribution >= 4 is 25.8 Å². The predicted octanol–water partition coefficient (Wildman–Crippen LogP) is 3.53. The average Bonchev–Trinajstić information content (AvgIpc) is 2.88. The number of sulfone groups is 1. The molecule has 0 aromatic heterocycles. The van der Waals surface area contributed by atoms with Crippen LogP contribution in [0.4, 0.5) is 0 Å². The Morgan fingerprint density at radius 2 is 1.80 bits per heavy atom. The van der Waals surface area contributed by atoms with Crippen molar-refractivity contribution in [1.82, 2.24) is 0 Å². The lowest BCUT2D eigenvalue weighted by Gasteiger charge is -2.08. The van der Waals surface area contributed by atoms with E-state index in [1.807, 2.05) is 6.92 Å². The fraction of sp³-hybridized carbons (Fsp3) is 0.200. The first kappa shape index (κ1) is 13.6. The molecule has 0 saturated carbocycles. The molecule has 0 aliphatic carbocycles. The summed E-state index contributed by atoms with van der Waals surface area (Å²) in [6.07, 6.45) is 0.741. The highest BCUT2D eigenvalue weighted by Gasteiger charge is 2.23. The summed E-state index contributed by atoms with van der Waals surface area (Å²) in [5, 5.41) is 0. The van der Waals surface area contributed by atoms with Crippen molar-refractivity contribution in [3.8, 4) is 5.75 Å². The summed E-state index contributed by atoms with van der Waals surface area (Å²) < 4.78 is 31.4. The van der Waals surface area contributed by atoms with E-state index in [4.69, 9.17) is 4.74 Å². The van der Waals surface area contributed by atoms with Crippen LogP contribution in [-0.4, -0.2) is 15.0 Å². The van der Waals surface area contributed by atoms with Crippen molar-refractivity contribution in [3.05, 3.63) is 52.0 Å². The van der Waals surface area contributed by atoms with Crippen LogP contribution in [0, 0.1) is 6.92 Å². The van der Waals surface area contributed by atoms with Gasteiger partial charge in [0.25, 0.3) is 0 Å². The standard InChI is InChI=1S/C15H13BrO3S/c1-10-2-4-12(5-3-10)20(17,18)13-8-11-6-7-19-15(11)14(16)9-13/h2-5,8-9H,6-7H2,1H3. The molecule has 0 atom stereocenters. The van der Waals surface area contributed by atoms with Crippen LogP contribution in [0.5, 0.6) is 5.75 Å². The molecular formula is C15H13BrO3S. The Hall–Kier alpha value is -1.33. The molecule has 0 spiro atoms. The summed E-state index contributed by atoms with van der Waals surface area (Å²) in [4.78, 5) is 0.617. The number of aryl methyl sites for hydroxylation is 1. The average molecular weight is 353 g/mol. The Kier molecular flexibility index (Phi) is 3.34. The number of ether oxygens (including phenoxy) is 1. The van der Waals surface area contributed by atoms with E-state index in [0.717, 1.165) is 23.3 Å². The SMILES string of the molecule is Cc1ccc(S(=O)(=O)c2cc(Br)c3c(c2)CCO3)cc1. The van der Waals surface area contributed by atoms with Crippen LogP contribution >= 0.6 is 15.9 Å². The molecule has 0 unspecified atom stereocenters. The first-order chi connectivity index (χ1) is 9.48. The van der Waals surface area contributed by atoms with Crippen LogP contribution in [0.3, 0.4) is 0 Å². The van der Waals surface area contributed by atoms with Crippen LogP contribution in [0.1, 0.15) is 11.1 Å². The van der Waals surface area contributed by atoms with E-state index in [2.05, 4.69) is 15.9 Å². The van der Waals surface area contributed by atoms with Gasteiger partial charge in [-0.2, -0.15) is 0 Å². The zero-order valence-electron chi connectivity index (χ0n) is 10.9. The zero-order chi connectivity index (χ0) is 14.3. The van der Waals surface area contributed by atoms with Gasteiger partial charge in [-0.05, 0) is 52.7 Å². The van der Waals surface area contributed by atoms with Crippen molar-refractivity contribution < 1.29 is 13.2 Å². The Labute approximate surface area is 126 Å². The summed E-state index contributed by atoms with van der Waals surface area (Å²) in [5.74, 6) is 0.757. The third-order valence-corrected chi connectivity index (χ3v) is 5.69. The minimum atomic E-state index is -3.49. The second-order valence-electron chi connectivity index (χ2n) is 4.81. The topological polar surface area (TPSA) is 43.4 Å². The fourth-order valence-corrected chi connectivity index (χ4v) is 4.35. The van der Waals surface area contributed by atoms with Crippen molar-refractivity contribution in [2.75, 3.05) is 6.61 Å². The Morgan fingerprint density at radius 3 is 2.50 bits per heavy atom. The molecule has 2 aromatic carbocycles. The van der Waals surface area contributed by atoms with Gasteiger partial charge >= 0.3 is 0 Å². The molecule has 3 nitrogen and oxygen atoms in total. The molecule has 0 amide bonds. The minimum Gasteiger partial charge on any atom is -0.492 e. The van der Waals surface area contributed by atoms with E-state index >= 15 is 0 Å². The smallest absolute Gasteiger partial charge is 0.206 e. The highest BCUT2D eigenvalue weighted by molar-refractivity contribution is 9.10. The molecule has 104 valence electrons. The molecule has 0 radical (unpaired) electrons. The lowest BCUT2D eigenvalue weighted by atomic mass is 10.2. The molecule has 5 heteroatoms. The maximum atomic E-state index is 12.6. The molecule has 0 bridgehead atoms. The molecule has 1 heterocycles. The van der Waals surface area contributed by atoms with Gasteiger partial charge in [0.2, 0.25) is 9.84 Å². The summed E-state index contributed by atoms with van der Waals surface area (Å²) in [5.41, 5.74) is 1.97. The summed E-state index contributed by atoms with van der Waals surface area (Å²) in [6, 6.07) is 10.2. The lowest BCUT2D eigenvalue weighted by molar-refractivity contribution is 0.355. The van der Waals surface area contributed by atoms with Crippen LogP contribution in [0.2, 0.25) is 0 Å². The van der Waals surface area contributed by atoms with E-state index in [9.17, 15) is 8.42 Å². The number of halogens is 1. The van der Waals surface area contributed by atoms with E-state index in [0.29, 0.717) is 20.9 Å². The van der Waals surface area contributed by atoms with Crippen LogP contribution in [0.15, 0.2) is 50.7 Å². The van der Waals surface area contributed by atoms with Crippen molar-refractivity contribution in [1.29, 1.82) is 0 Å². The highest BCUT2D eigenvalue weighted by Crippen LogP contribution is 2.37. The van der Waals surface area contributed by atoms with Crippen molar-refractivity contribution in [2.45, 2.75) is 23.1 Å². The van der Waals surface area contributed by atoms with Gasteiger partial charge < -0.3 is 4.74 Å². The molecule has 20 heavy (non-hydrogen) atoms. The Balaban J connectivity index is 2.12. The van der Waals surface area contributed by atoms with Crippen molar-refractivity contribution in [3.63, 3.8) is 0 Å². The monoisotopic (exact) mass is 352 g/mol. The van der Waals surface area contributed by atoms with Gasteiger partial charge in [0.15, 0.2) is 0 Å². The lowest BCUT2D eigenvalue weighted by Crippen LogP contribution is -2.02. The third-order valence-electron chi connectivity index (χ3n) is 3.35. The van der Waals surface area contributed by atoms with Gasteiger partial charge in [0.1, 0.15) is 5.75 Å². The second kappa shape index (κ2) is 4.90. The number of benzene rings is 2. The van der Waals surface area contributed by atoms with E-state index in [1.165, 1.54) is 0 Å². The molecule has 0 N–H and O–H groups in total. The largest absolute Gasteiger partial charge is 0.492 e. The van der Waals surface area contributed by atoms with E-state index in [1.54, 1.807) is 36.4 Å². The maximum Gasteiger partial charge on any atom is 0.206 e. The molecule has 3 rings (SSSR count). The van der Waals surface area contributed by atoms with Crippen LogP contribution in [-0.2, 0) is 16.3 Å². The quantitative estimate of drug-likeness (QED) is 0.830. The molecular weight excluding hydrogens is 340 g/mol. The van der Waals surface area contributed by atoms with Gasteiger partial charge in [0.05, 0.1) is 20.9 Å². The van der Waals surface area contributed by atoms with Crippen LogP contribution < -0.4 is 4.74 Å². The fourth-order valence-electron chi connectivity index (χ4n) is 2.24. The second-order valence-corrected chi connectivity index (χ2v) is 7.61. The van der Waals surface area contributed by atoms with Gasteiger partial charge in [0, 0.05) is 6.42 Å². The van der Waals surface area contributed by atoms with Gasteiger partial charge in [-0.1, -0.05) is 17.7 Å². The first-order valence-corrected chi connectivity index (χ1v) is 8.53. The molecule has 2 aromatic rings. The molecule has 1 aliphatic rings. The molecule has 1 aliphatic heterocycles. The molecule has 0 fully saturated rings. The highest BCUT2D eigenvalue weighted by atomic mass is 79.9. The Morgan fingerprint density at radius 1 is 1.10 bits per heavy atom. The van der Waals surface area contributed by atoms with Gasteiger partial charge in [-0.15, -0.1) is 0 Å². The predicted molar refractivity (Wildman–Crippen MR) is 80.0 cm³/mol. The Bertz CT molecular complexity index is 764. The number of fused-ring (bicyclic) bond motifs is 1. The first-order valence-electron chi connectivity index (χ1n) is 6.25. The number of hydrogen-bond donors (Lipinski definition) is 0. The summed E-state index contributed by atoms with van der Waals surface area (Å²) in [7, 11) is -3.49. The van der Waals surface area contributed by atoms with Crippen LogP contribution in [0.25, 0.3) is 0 Å². The van der Waals surface area contributed by atoms with Gasteiger partial charge in [-0.25, -0.2) is 8.42 Å². The minimum absolute atomic E-state index is 0.303. The number of rotatable bonds is 2. The number of hydrogen-bond acceptors (Lipinski definition) is 3. The molecule has 0 saturated heterocycles. The van der Waals surface area contributed by atoms with E-state index in [-0.39, 0.29) is 0 Å². The summed E-state index contributed by atoms with van der Waals surface area (Å²) in [6.45, 7) is 2.53. The van der Waals surface area contributed by atoms with Crippen molar-refractivity contribution in [2.24, 2.45) is 0 Å². The summed E-state index contributed by atoms with van der Waals surface area (Å²) >= 11 is 3.39. The maximum absolute atomic E-state index is 12.6. The third kappa shape index (κ3) is 2.25. The normalized spacial score (nSPS) is 13.9.